The van der Waals surface area contributed by atoms with Gasteiger partial charge in [-0.05, 0) is 96.3 Å². The van der Waals surface area contributed by atoms with Gasteiger partial charge in [0.25, 0.3) is 0 Å². The molecule has 0 heterocycles. The molecule has 0 aromatic carbocycles. The van der Waals surface area contributed by atoms with Gasteiger partial charge < -0.3 is 14.2 Å². The Morgan fingerprint density at radius 2 is 0.506 bits per heavy atom. The fraction of sp³-hybridized carbons (Fsp3) is 0.761. The Bertz CT molecular complexity index is 1470. The van der Waals surface area contributed by atoms with Gasteiger partial charge in [-0.25, -0.2) is 0 Å². The Kier molecular flexibility index (Phi) is 62.2. The molecule has 0 radical (unpaired) electrons. The number of esters is 3. The quantitative estimate of drug-likeness (QED) is 0.0261. The molecule has 1 atom stereocenters. The number of rotatable bonds is 60. The molecule has 0 rings (SSSR count). The van der Waals surface area contributed by atoms with Crippen LogP contribution in [-0.2, 0) is 28.6 Å². The van der Waals surface area contributed by atoms with Gasteiger partial charge in [0.1, 0.15) is 13.2 Å². The van der Waals surface area contributed by atoms with Crippen LogP contribution in [-0.4, -0.2) is 37.2 Å². The van der Waals surface area contributed by atoms with E-state index in [9.17, 15) is 14.4 Å². The van der Waals surface area contributed by atoms with Crippen molar-refractivity contribution in [2.45, 2.75) is 335 Å². The minimum absolute atomic E-state index is 0.0766. The molecule has 0 aliphatic rings. The molecule has 0 aliphatic heterocycles. The maximum atomic E-state index is 12.9. The maximum Gasteiger partial charge on any atom is 0.306 e. The van der Waals surface area contributed by atoms with E-state index in [0.717, 1.165) is 103 Å². The molecule has 0 aromatic rings. The first-order chi connectivity index (χ1) is 38.0. The van der Waals surface area contributed by atoms with E-state index >= 15 is 0 Å². The predicted molar refractivity (Wildman–Crippen MR) is 334 cm³/mol. The number of allylic oxidation sites excluding steroid dienone is 14. The van der Waals surface area contributed by atoms with Crippen LogP contribution in [0.2, 0.25) is 0 Å². The minimum atomic E-state index is -0.778. The van der Waals surface area contributed by atoms with Crippen molar-refractivity contribution in [2.75, 3.05) is 13.2 Å². The molecule has 0 bridgehead atoms. The molecule has 6 nitrogen and oxygen atoms in total. The zero-order valence-corrected chi connectivity index (χ0v) is 51.0. The van der Waals surface area contributed by atoms with Gasteiger partial charge in [-0.2, -0.15) is 0 Å². The fourth-order valence-electron chi connectivity index (χ4n) is 9.44. The van der Waals surface area contributed by atoms with Crippen molar-refractivity contribution < 1.29 is 28.6 Å². The lowest BCUT2D eigenvalue weighted by atomic mass is 10.0. The summed E-state index contributed by atoms with van der Waals surface area (Å²) in [6, 6.07) is 0. The van der Waals surface area contributed by atoms with Crippen LogP contribution < -0.4 is 0 Å². The summed E-state index contributed by atoms with van der Waals surface area (Å²) in [5.41, 5.74) is 0. The van der Waals surface area contributed by atoms with E-state index in [1.54, 1.807) is 0 Å². The van der Waals surface area contributed by atoms with Crippen LogP contribution in [0.3, 0.4) is 0 Å². The molecule has 0 amide bonds. The first-order valence-electron chi connectivity index (χ1n) is 33.1. The second-order valence-electron chi connectivity index (χ2n) is 22.0. The second-order valence-corrected chi connectivity index (χ2v) is 22.0. The molecule has 0 spiro atoms. The van der Waals surface area contributed by atoms with E-state index in [1.807, 2.05) is 0 Å². The molecule has 0 aromatic heterocycles. The van der Waals surface area contributed by atoms with E-state index < -0.39 is 6.10 Å². The third kappa shape index (κ3) is 63.3. The molecular formula is C71H124O6. The highest BCUT2D eigenvalue weighted by molar-refractivity contribution is 5.71. The van der Waals surface area contributed by atoms with Crippen LogP contribution in [0.4, 0.5) is 0 Å². The largest absolute Gasteiger partial charge is 0.462 e. The monoisotopic (exact) mass is 1070 g/mol. The molecular weight excluding hydrogens is 949 g/mol. The first-order valence-corrected chi connectivity index (χ1v) is 33.1. The molecule has 0 saturated carbocycles. The zero-order chi connectivity index (χ0) is 55.7. The van der Waals surface area contributed by atoms with Crippen molar-refractivity contribution in [3.63, 3.8) is 0 Å². The normalized spacial score (nSPS) is 12.6. The zero-order valence-electron chi connectivity index (χ0n) is 51.0. The maximum absolute atomic E-state index is 12.9. The number of ether oxygens (including phenoxy) is 3. The summed E-state index contributed by atoms with van der Waals surface area (Å²) >= 11 is 0. The average Bonchev–Trinajstić information content (AvgIpc) is 3.43. The molecule has 77 heavy (non-hydrogen) atoms. The Morgan fingerprint density at radius 3 is 0.805 bits per heavy atom. The molecule has 1 unspecified atom stereocenters. The van der Waals surface area contributed by atoms with E-state index in [0.29, 0.717) is 19.3 Å². The van der Waals surface area contributed by atoms with Gasteiger partial charge in [-0.3, -0.25) is 14.4 Å². The summed E-state index contributed by atoms with van der Waals surface area (Å²) in [4.78, 5) is 38.1. The molecule has 6 heteroatoms. The average molecular weight is 1070 g/mol. The Labute approximate surface area is 477 Å². The minimum Gasteiger partial charge on any atom is -0.462 e. The van der Waals surface area contributed by atoms with Gasteiger partial charge in [0.15, 0.2) is 6.10 Å². The SMILES string of the molecule is CC/C=C\C/C=C\C/C=C\C/C=C\C/C=C\C/C=C\CCCCCCCCCCC(=O)OCC(COC(=O)CCCCCCCCC)OC(=O)CCCCCCCCCCCCCCC/C=C\CCCCCCCCCC. The highest BCUT2D eigenvalue weighted by Gasteiger charge is 2.19. The van der Waals surface area contributed by atoms with E-state index in [1.165, 1.54) is 186 Å². The van der Waals surface area contributed by atoms with Crippen LogP contribution in [0, 0.1) is 0 Å². The summed E-state index contributed by atoms with van der Waals surface area (Å²) in [5, 5.41) is 0. The van der Waals surface area contributed by atoms with Gasteiger partial charge >= 0.3 is 17.9 Å². The van der Waals surface area contributed by atoms with E-state index in [4.69, 9.17) is 14.2 Å². The van der Waals surface area contributed by atoms with Gasteiger partial charge in [0.2, 0.25) is 0 Å². The summed E-state index contributed by atoms with van der Waals surface area (Å²) in [5.74, 6) is -0.879. The van der Waals surface area contributed by atoms with Crippen LogP contribution in [0.5, 0.6) is 0 Å². The highest BCUT2D eigenvalue weighted by atomic mass is 16.6. The number of carbonyl (C=O) groups is 3. The number of carbonyl (C=O) groups excluding carboxylic acids is 3. The van der Waals surface area contributed by atoms with Crippen LogP contribution in [0.15, 0.2) is 85.1 Å². The number of hydrogen-bond acceptors (Lipinski definition) is 6. The molecule has 0 aliphatic carbocycles. The van der Waals surface area contributed by atoms with Crippen molar-refractivity contribution in [2.24, 2.45) is 0 Å². The Hall–Kier alpha value is -3.41. The fourth-order valence-corrected chi connectivity index (χ4v) is 9.44. The second kappa shape index (κ2) is 65.1. The third-order valence-electron chi connectivity index (χ3n) is 14.4. The standard InChI is InChI=1S/C71H124O6/c1-4-7-10-13-16-18-20-22-24-26-28-30-32-34-35-37-38-40-42-44-46-48-50-52-55-58-61-64-70(73)76-67-68(66-75-69(72)63-60-57-54-15-12-9-6-3)77-71(74)65-62-59-56-53-51-49-47-45-43-41-39-36-33-31-29-27-25-23-21-19-17-14-11-8-5-2/h7,10,16,18,22,24,27-30,34-35,38,40,68H,4-6,8-9,11-15,17,19-21,23,25-26,31-33,36-37,39,41-67H2,1-3H3/b10-7-,18-16-,24-22-,29-27-,30-28-,35-34-,40-38-. The molecule has 0 saturated heterocycles. The Morgan fingerprint density at radius 1 is 0.273 bits per heavy atom. The van der Waals surface area contributed by atoms with Crippen molar-refractivity contribution >= 4 is 17.9 Å². The third-order valence-corrected chi connectivity index (χ3v) is 14.4. The van der Waals surface area contributed by atoms with Crippen LogP contribution in [0.25, 0.3) is 0 Å². The first kappa shape index (κ1) is 73.6. The lowest BCUT2D eigenvalue weighted by Crippen LogP contribution is -2.30. The van der Waals surface area contributed by atoms with Crippen LogP contribution in [0.1, 0.15) is 329 Å². The topological polar surface area (TPSA) is 78.9 Å². The smallest absolute Gasteiger partial charge is 0.306 e. The lowest BCUT2D eigenvalue weighted by Gasteiger charge is -2.18. The molecule has 0 fully saturated rings. The summed E-state index contributed by atoms with van der Waals surface area (Å²) in [7, 11) is 0. The highest BCUT2D eigenvalue weighted by Crippen LogP contribution is 2.17. The lowest BCUT2D eigenvalue weighted by molar-refractivity contribution is -0.167. The van der Waals surface area contributed by atoms with Crippen molar-refractivity contribution in [3.05, 3.63) is 85.1 Å². The Balaban J connectivity index is 4.13. The number of hydrogen-bond donors (Lipinski definition) is 0. The van der Waals surface area contributed by atoms with Crippen molar-refractivity contribution in [1.29, 1.82) is 0 Å². The predicted octanol–water partition coefficient (Wildman–Crippen LogP) is 22.7. The van der Waals surface area contributed by atoms with Gasteiger partial charge in [-0.15, -0.1) is 0 Å². The summed E-state index contributed by atoms with van der Waals surface area (Å²) in [6.45, 7) is 6.51. The molecule has 0 N–H and O–H groups in total. The van der Waals surface area contributed by atoms with Crippen molar-refractivity contribution in [3.8, 4) is 0 Å². The number of unbranched alkanes of at least 4 members (excludes halogenated alkanes) is 35. The summed E-state index contributed by atoms with van der Waals surface area (Å²) < 4.78 is 16.9. The van der Waals surface area contributed by atoms with Crippen LogP contribution >= 0.6 is 0 Å². The van der Waals surface area contributed by atoms with Gasteiger partial charge in [-0.1, -0.05) is 298 Å². The van der Waals surface area contributed by atoms with Gasteiger partial charge in [0.05, 0.1) is 0 Å². The van der Waals surface area contributed by atoms with Crippen molar-refractivity contribution in [1.82, 2.24) is 0 Å². The molecule has 444 valence electrons. The summed E-state index contributed by atoms with van der Waals surface area (Å²) in [6.07, 6.45) is 86.2. The van der Waals surface area contributed by atoms with E-state index in [-0.39, 0.29) is 31.1 Å². The van der Waals surface area contributed by atoms with Gasteiger partial charge in [0, 0.05) is 19.3 Å². The van der Waals surface area contributed by atoms with E-state index in [2.05, 4.69) is 106 Å².